The van der Waals surface area contributed by atoms with Gasteiger partial charge in [0.2, 0.25) is 0 Å². The number of amides is 1. The number of likely N-dealkylation sites (tertiary alicyclic amines) is 1. The first-order valence-electron chi connectivity index (χ1n) is 4.93. The van der Waals surface area contributed by atoms with Gasteiger partial charge in [0.1, 0.15) is 0 Å². The van der Waals surface area contributed by atoms with Gasteiger partial charge in [-0.05, 0) is 47.2 Å². The van der Waals surface area contributed by atoms with Crippen LogP contribution in [0.15, 0.2) is 12.1 Å². The molecule has 1 aliphatic heterocycles. The number of hydrogen-bond donors (Lipinski definition) is 0. The molecular formula is C11H9ClF2INO. The average molecular weight is 372 g/mol. The zero-order valence-corrected chi connectivity index (χ0v) is 11.8. The van der Waals surface area contributed by atoms with Gasteiger partial charge >= 0.3 is 0 Å². The Morgan fingerprint density at radius 1 is 1.47 bits per heavy atom. The van der Waals surface area contributed by atoms with Crippen LogP contribution in [0.1, 0.15) is 15.9 Å². The molecule has 1 heterocycles. The van der Waals surface area contributed by atoms with Gasteiger partial charge in [0, 0.05) is 8.59 Å². The first kappa shape index (κ1) is 13.0. The summed E-state index contributed by atoms with van der Waals surface area (Å²) in [5.74, 6) is -3.09. The fourth-order valence-electron chi connectivity index (χ4n) is 1.79. The van der Waals surface area contributed by atoms with E-state index in [9.17, 15) is 13.6 Å². The topological polar surface area (TPSA) is 20.3 Å². The minimum atomic E-state index is -2.73. The Balaban J connectivity index is 2.27. The zero-order valence-electron chi connectivity index (χ0n) is 8.94. The highest BCUT2D eigenvalue weighted by molar-refractivity contribution is 14.1. The molecule has 0 aliphatic carbocycles. The molecule has 0 N–H and O–H groups in total. The van der Waals surface area contributed by atoms with Gasteiger partial charge in [-0.15, -0.1) is 0 Å². The van der Waals surface area contributed by atoms with Crippen molar-refractivity contribution in [2.24, 2.45) is 0 Å². The molecule has 1 aliphatic rings. The van der Waals surface area contributed by atoms with Crippen LogP contribution in [-0.4, -0.2) is 29.8 Å². The van der Waals surface area contributed by atoms with Crippen molar-refractivity contribution in [3.05, 3.63) is 31.9 Å². The highest BCUT2D eigenvalue weighted by Crippen LogP contribution is 2.30. The van der Waals surface area contributed by atoms with Crippen LogP contribution in [-0.2, 0) is 0 Å². The van der Waals surface area contributed by atoms with Gasteiger partial charge in [0.15, 0.2) is 0 Å². The van der Waals surface area contributed by atoms with Crippen molar-refractivity contribution < 1.29 is 13.6 Å². The SMILES string of the molecule is Cc1cc(Cl)cc(I)c1C(=O)N1CC(F)(F)C1. The lowest BCUT2D eigenvalue weighted by Crippen LogP contribution is -2.58. The van der Waals surface area contributed by atoms with Gasteiger partial charge in [-0.2, -0.15) is 0 Å². The van der Waals surface area contributed by atoms with Gasteiger partial charge in [-0.1, -0.05) is 11.6 Å². The summed E-state index contributed by atoms with van der Waals surface area (Å²) < 4.78 is 26.1. The van der Waals surface area contributed by atoms with E-state index >= 15 is 0 Å². The molecule has 92 valence electrons. The van der Waals surface area contributed by atoms with E-state index in [0.29, 0.717) is 19.7 Å². The Kier molecular flexibility index (Phi) is 3.33. The van der Waals surface area contributed by atoms with E-state index in [1.54, 1.807) is 19.1 Å². The van der Waals surface area contributed by atoms with Crippen LogP contribution < -0.4 is 0 Å². The van der Waals surface area contributed by atoms with Crippen molar-refractivity contribution in [2.45, 2.75) is 12.8 Å². The lowest BCUT2D eigenvalue weighted by molar-refractivity contribution is -0.113. The number of carbonyl (C=O) groups excluding carboxylic acids is 1. The molecule has 0 saturated carbocycles. The average Bonchev–Trinajstić information content (AvgIpc) is 2.11. The number of hydrogen-bond acceptors (Lipinski definition) is 1. The summed E-state index contributed by atoms with van der Waals surface area (Å²) in [6.45, 7) is 0.757. The molecule has 0 spiro atoms. The highest BCUT2D eigenvalue weighted by atomic mass is 127. The molecule has 0 aromatic heterocycles. The standard InChI is InChI=1S/C11H9ClF2INO/c1-6-2-7(12)3-8(15)9(6)10(17)16-4-11(13,14)5-16/h2-3H,4-5H2,1H3. The molecule has 1 aromatic carbocycles. The van der Waals surface area contributed by atoms with Crippen LogP contribution in [0.2, 0.25) is 5.02 Å². The summed E-state index contributed by atoms with van der Waals surface area (Å²) in [6.07, 6.45) is 0. The highest BCUT2D eigenvalue weighted by Gasteiger charge is 2.46. The van der Waals surface area contributed by atoms with Crippen LogP contribution in [0.3, 0.4) is 0 Å². The number of alkyl halides is 2. The first-order valence-corrected chi connectivity index (χ1v) is 6.38. The van der Waals surface area contributed by atoms with Crippen molar-refractivity contribution >= 4 is 40.1 Å². The lowest BCUT2D eigenvalue weighted by atomic mass is 10.0. The number of rotatable bonds is 1. The second kappa shape index (κ2) is 4.35. The van der Waals surface area contributed by atoms with E-state index in [1.807, 2.05) is 22.6 Å². The minimum absolute atomic E-state index is 0.352. The van der Waals surface area contributed by atoms with Crippen molar-refractivity contribution in [3.8, 4) is 0 Å². The van der Waals surface area contributed by atoms with Gasteiger partial charge < -0.3 is 4.90 Å². The van der Waals surface area contributed by atoms with Gasteiger partial charge in [0.25, 0.3) is 11.8 Å². The molecule has 1 aromatic rings. The molecule has 1 amide bonds. The fourth-order valence-corrected chi connectivity index (χ4v) is 3.24. The number of aryl methyl sites for hydroxylation is 1. The molecule has 6 heteroatoms. The minimum Gasteiger partial charge on any atom is -0.326 e. The van der Waals surface area contributed by atoms with Crippen LogP contribution in [0.25, 0.3) is 0 Å². The maximum Gasteiger partial charge on any atom is 0.282 e. The number of benzene rings is 1. The third-order valence-electron chi connectivity index (χ3n) is 2.60. The Morgan fingerprint density at radius 2 is 2.06 bits per heavy atom. The summed E-state index contributed by atoms with van der Waals surface area (Å²) in [7, 11) is 0. The molecule has 1 saturated heterocycles. The summed E-state index contributed by atoms with van der Waals surface area (Å²) in [5, 5.41) is 0.539. The third-order valence-corrected chi connectivity index (χ3v) is 3.67. The molecule has 17 heavy (non-hydrogen) atoms. The molecule has 0 atom stereocenters. The monoisotopic (exact) mass is 371 g/mol. The van der Waals surface area contributed by atoms with E-state index in [1.165, 1.54) is 0 Å². The molecule has 2 rings (SSSR count). The van der Waals surface area contributed by atoms with E-state index in [0.717, 1.165) is 4.90 Å². The maximum absolute atomic E-state index is 12.7. The van der Waals surface area contributed by atoms with Crippen molar-refractivity contribution in [2.75, 3.05) is 13.1 Å². The number of nitrogens with zero attached hydrogens (tertiary/aromatic N) is 1. The van der Waals surface area contributed by atoms with E-state index < -0.39 is 19.0 Å². The van der Waals surface area contributed by atoms with E-state index in [-0.39, 0.29) is 5.91 Å². The third kappa shape index (κ3) is 2.54. The zero-order chi connectivity index (χ0) is 12.8. The van der Waals surface area contributed by atoms with Crippen molar-refractivity contribution in [3.63, 3.8) is 0 Å². The fraction of sp³-hybridized carbons (Fsp3) is 0.364. The van der Waals surface area contributed by atoms with Crippen LogP contribution in [0.5, 0.6) is 0 Å². The smallest absolute Gasteiger partial charge is 0.282 e. The predicted octanol–water partition coefficient (Wildman–Crippen LogP) is 3.34. The van der Waals surface area contributed by atoms with Crippen molar-refractivity contribution in [1.29, 1.82) is 0 Å². The molecule has 0 radical (unpaired) electrons. The molecule has 0 unspecified atom stereocenters. The molecule has 1 fully saturated rings. The molecular weight excluding hydrogens is 362 g/mol. The first-order chi connectivity index (χ1) is 7.80. The van der Waals surface area contributed by atoms with E-state index in [2.05, 4.69) is 0 Å². The summed E-state index contributed by atoms with van der Waals surface area (Å²) >= 11 is 7.84. The Labute approximate surface area is 116 Å². The number of halogens is 4. The lowest BCUT2D eigenvalue weighted by Gasteiger charge is -2.39. The largest absolute Gasteiger partial charge is 0.326 e. The Morgan fingerprint density at radius 3 is 2.53 bits per heavy atom. The maximum atomic E-state index is 12.7. The molecule has 2 nitrogen and oxygen atoms in total. The van der Waals surface area contributed by atoms with Gasteiger partial charge in [-0.3, -0.25) is 4.79 Å². The Hall–Kier alpha value is -0.430. The summed E-state index contributed by atoms with van der Waals surface area (Å²) in [4.78, 5) is 13.2. The summed E-state index contributed by atoms with van der Waals surface area (Å²) in [5.41, 5.74) is 1.17. The second-order valence-electron chi connectivity index (χ2n) is 4.10. The normalized spacial score (nSPS) is 17.8. The van der Waals surface area contributed by atoms with Gasteiger partial charge in [-0.25, -0.2) is 8.78 Å². The summed E-state index contributed by atoms with van der Waals surface area (Å²) in [6, 6.07) is 3.31. The van der Waals surface area contributed by atoms with Crippen LogP contribution in [0, 0.1) is 10.5 Å². The van der Waals surface area contributed by atoms with Crippen LogP contribution >= 0.6 is 34.2 Å². The Bertz CT molecular complexity index is 461. The predicted molar refractivity (Wildman–Crippen MR) is 69.8 cm³/mol. The van der Waals surface area contributed by atoms with Gasteiger partial charge in [0.05, 0.1) is 18.7 Å². The van der Waals surface area contributed by atoms with E-state index in [4.69, 9.17) is 11.6 Å². The quantitative estimate of drug-likeness (QED) is 0.694. The number of carbonyl (C=O) groups is 1. The molecule has 0 bridgehead atoms. The second-order valence-corrected chi connectivity index (χ2v) is 5.70. The van der Waals surface area contributed by atoms with Crippen LogP contribution in [0.4, 0.5) is 8.78 Å². The van der Waals surface area contributed by atoms with Crippen molar-refractivity contribution in [1.82, 2.24) is 4.90 Å².